The molecule has 3 aromatic heterocycles. The van der Waals surface area contributed by atoms with Crippen LogP contribution in [0.25, 0.3) is 97.4 Å². The predicted octanol–water partition coefficient (Wildman–Crippen LogP) is 12.9. The van der Waals surface area contributed by atoms with Gasteiger partial charge in [-0.3, -0.25) is 0 Å². The summed E-state index contributed by atoms with van der Waals surface area (Å²) in [5, 5.41) is 3.43. The van der Waals surface area contributed by atoms with Crippen LogP contribution in [0.3, 0.4) is 0 Å². The van der Waals surface area contributed by atoms with E-state index >= 15 is 0 Å². The number of thiazole rings is 1. The molecule has 0 unspecified atom stereocenters. The monoisotopic (exact) mass is 700 g/mol. The largest absolute Gasteiger partial charge is 0.236 e. The second-order valence-corrected chi connectivity index (χ2v) is 14.7. The molecule has 244 valence electrons. The van der Waals surface area contributed by atoms with E-state index in [1.807, 2.05) is 60.7 Å². The van der Waals surface area contributed by atoms with E-state index in [0.717, 1.165) is 37.5 Å². The maximum Gasteiger partial charge on any atom is 0.165 e. The molecule has 0 N–H and O–H groups in total. The van der Waals surface area contributed by atoms with E-state index in [4.69, 9.17) is 19.9 Å². The Bertz CT molecular complexity index is 2840. The zero-order chi connectivity index (χ0) is 34.4. The summed E-state index contributed by atoms with van der Waals surface area (Å²) in [7, 11) is 0. The van der Waals surface area contributed by atoms with Crippen molar-refractivity contribution in [2.75, 3.05) is 0 Å². The van der Waals surface area contributed by atoms with E-state index in [2.05, 4.69) is 109 Å². The fourth-order valence-corrected chi connectivity index (χ4v) is 9.18. The Kier molecular flexibility index (Phi) is 7.48. The van der Waals surface area contributed by atoms with Gasteiger partial charge < -0.3 is 0 Å². The van der Waals surface area contributed by atoms with Gasteiger partial charge in [0.15, 0.2) is 17.5 Å². The third-order valence-electron chi connectivity index (χ3n) is 9.38. The van der Waals surface area contributed by atoms with Crippen LogP contribution in [0, 0.1) is 0 Å². The van der Waals surface area contributed by atoms with E-state index in [-0.39, 0.29) is 0 Å². The Hall–Kier alpha value is -6.34. The lowest BCUT2D eigenvalue weighted by Gasteiger charge is -2.09. The van der Waals surface area contributed by atoms with Crippen LogP contribution in [0.1, 0.15) is 0 Å². The van der Waals surface area contributed by atoms with Gasteiger partial charge in [0.1, 0.15) is 5.01 Å². The molecule has 4 nitrogen and oxygen atoms in total. The van der Waals surface area contributed by atoms with E-state index in [1.54, 1.807) is 22.7 Å². The molecule has 0 fully saturated rings. The molecule has 0 saturated carbocycles. The van der Waals surface area contributed by atoms with Crippen LogP contribution >= 0.6 is 22.7 Å². The number of rotatable bonds is 6. The van der Waals surface area contributed by atoms with Gasteiger partial charge in [-0.15, -0.1) is 22.7 Å². The van der Waals surface area contributed by atoms with Crippen molar-refractivity contribution in [3.63, 3.8) is 0 Å². The summed E-state index contributed by atoms with van der Waals surface area (Å²) >= 11 is 3.54. The smallest absolute Gasteiger partial charge is 0.165 e. The van der Waals surface area contributed by atoms with Gasteiger partial charge in [-0.2, -0.15) is 0 Å². The van der Waals surface area contributed by atoms with Gasteiger partial charge in [0.05, 0.1) is 10.2 Å². The lowest BCUT2D eigenvalue weighted by Crippen LogP contribution is -2.00. The number of fused-ring (bicyclic) bond motifs is 4. The molecule has 10 aromatic rings. The maximum absolute atomic E-state index is 5.06. The Balaban J connectivity index is 1.08. The molecule has 0 radical (unpaired) electrons. The average molecular weight is 701 g/mol. The molecule has 0 aliphatic carbocycles. The summed E-state index contributed by atoms with van der Waals surface area (Å²) in [6.45, 7) is 0. The number of hydrogen-bond donors (Lipinski definition) is 0. The SMILES string of the molecule is c1ccc(-c2ccc3nc(-c4cccc(-c5cccc6c5sc5c(-c7nc(-c8ccccc8)nc(-c8ccccc8)n7)cccc56)c4)sc3c2)cc1. The number of hydrogen-bond acceptors (Lipinski definition) is 6. The van der Waals surface area contributed by atoms with E-state index in [0.29, 0.717) is 17.5 Å². The standard InChI is InChI=1S/C46H28N4S2/c1-4-13-29(14-5-1)32-25-26-39-40(28-32)51-46(47-39)34-20-10-19-33(27-34)35-21-11-22-36-37-23-12-24-38(42(37)52-41(35)36)45-49-43(30-15-6-2-7-16-30)48-44(50-45)31-17-8-3-9-18-31/h1-28H. The topological polar surface area (TPSA) is 51.6 Å². The second-order valence-electron chi connectivity index (χ2n) is 12.7. The van der Waals surface area contributed by atoms with Crippen molar-refractivity contribution in [3.05, 3.63) is 170 Å². The molecular weight excluding hydrogens is 673 g/mol. The fourth-order valence-electron chi connectivity index (χ4n) is 6.83. The fraction of sp³-hybridized carbons (Fsp3) is 0. The minimum absolute atomic E-state index is 0.659. The van der Waals surface area contributed by atoms with Gasteiger partial charge in [-0.1, -0.05) is 146 Å². The van der Waals surface area contributed by atoms with E-state index in [1.165, 1.54) is 42.4 Å². The lowest BCUT2D eigenvalue weighted by atomic mass is 10.0. The summed E-state index contributed by atoms with van der Waals surface area (Å²) in [6.07, 6.45) is 0. The first kappa shape index (κ1) is 30.5. The second kappa shape index (κ2) is 12.8. The van der Waals surface area contributed by atoms with Crippen molar-refractivity contribution >= 4 is 53.1 Å². The van der Waals surface area contributed by atoms with Gasteiger partial charge in [-0.25, -0.2) is 19.9 Å². The van der Waals surface area contributed by atoms with Crippen molar-refractivity contribution in [1.29, 1.82) is 0 Å². The molecule has 52 heavy (non-hydrogen) atoms. The van der Waals surface area contributed by atoms with Gasteiger partial charge in [0, 0.05) is 42.4 Å². The molecular formula is C46H28N4S2. The summed E-state index contributed by atoms with van der Waals surface area (Å²) in [5.41, 5.74) is 9.83. The lowest BCUT2D eigenvalue weighted by molar-refractivity contribution is 1.08. The Morgan fingerprint density at radius 3 is 1.54 bits per heavy atom. The highest BCUT2D eigenvalue weighted by atomic mass is 32.1. The van der Waals surface area contributed by atoms with Crippen molar-refractivity contribution < 1.29 is 0 Å². The van der Waals surface area contributed by atoms with Gasteiger partial charge in [-0.05, 0) is 46.5 Å². The predicted molar refractivity (Wildman–Crippen MR) is 219 cm³/mol. The first-order valence-corrected chi connectivity index (χ1v) is 18.8. The highest BCUT2D eigenvalue weighted by Crippen LogP contribution is 2.44. The van der Waals surface area contributed by atoms with Crippen LogP contribution in [-0.4, -0.2) is 19.9 Å². The Morgan fingerprint density at radius 1 is 0.327 bits per heavy atom. The molecule has 0 aliphatic rings. The molecule has 6 heteroatoms. The van der Waals surface area contributed by atoms with E-state index < -0.39 is 0 Å². The minimum atomic E-state index is 0.659. The molecule has 10 rings (SSSR count). The molecule has 0 spiro atoms. The maximum atomic E-state index is 5.06. The third kappa shape index (κ3) is 5.46. The minimum Gasteiger partial charge on any atom is -0.236 e. The van der Waals surface area contributed by atoms with Crippen molar-refractivity contribution in [2.45, 2.75) is 0 Å². The first-order chi connectivity index (χ1) is 25.7. The summed E-state index contributed by atoms with van der Waals surface area (Å²) in [4.78, 5) is 20.1. The third-order valence-corrected chi connectivity index (χ3v) is 11.7. The van der Waals surface area contributed by atoms with Crippen molar-refractivity contribution in [3.8, 4) is 67.0 Å². The Morgan fingerprint density at radius 2 is 0.865 bits per heavy atom. The highest BCUT2D eigenvalue weighted by molar-refractivity contribution is 7.27. The molecule has 0 amide bonds. The van der Waals surface area contributed by atoms with E-state index in [9.17, 15) is 0 Å². The Labute approximate surface area is 308 Å². The molecule has 0 saturated heterocycles. The first-order valence-electron chi connectivity index (χ1n) is 17.1. The summed E-state index contributed by atoms with van der Waals surface area (Å²) < 4.78 is 3.58. The van der Waals surface area contributed by atoms with Crippen LogP contribution in [0.4, 0.5) is 0 Å². The number of aromatic nitrogens is 4. The van der Waals surface area contributed by atoms with Crippen molar-refractivity contribution in [2.24, 2.45) is 0 Å². The number of thiophene rings is 1. The molecule has 0 aliphatic heterocycles. The van der Waals surface area contributed by atoms with Crippen LogP contribution in [-0.2, 0) is 0 Å². The molecule has 0 bridgehead atoms. The zero-order valence-corrected chi connectivity index (χ0v) is 29.4. The molecule has 7 aromatic carbocycles. The van der Waals surface area contributed by atoms with Crippen molar-refractivity contribution in [1.82, 2.24) is 19.9 Å². The number of nitrogens with zero attached hydrogens (tertiary/aromatic N) is 4. The van der Waals surface area contributed by atoms with Crippen LogP contribution in [0.2, 0.25) is 0 Å². The van der Waals surface area contributed by atoms with Gasteiger partial charge in [0.25, 0.3) is 0 Å². The van der Waals surface area contributed by atoms with Gasteiger partial charge >= 0.3 is 0 Å². The summed E-state index contributed by atoms with van der Waals surface area (Å²) in [6, 6.07) is 59.2. The normalized spacial score (nSPS) is 11.5. The molecule has 3 heterocycles. The van der Waals surface area contributed by atoms with Gasteiger partial charge in [0.2, 0.25) is 0 Å². The van der Waals surface area contributed by atoms with Crippen LogP contribution in [0.5, 0.6) is 0 Å². The average Bonchev–Trinajstić information content (AvgIpc) is 3.83. The van der Waals surface area contributed by atoms with Crippen LogP contribution in [0.15, 0.2) is 170 Å². The zero-order valence-electron chi connectivity index (χ0n) is 27.8. The highest BCUT2D eigenvalue weighted by Gasteiger charge is 2.18. The summed E-state index contributed by atoms with van der Waals surface area (Å²) in [5.74, 6) is 1.98. The quantitative estimate of drug-likeness (QED) is 0.173. The number of benzene rings is 7. The van der Waals surface area contributed by atoms with Crippen LogP contribution < -0.4 is 0 Å². The molecule has 0 atom stereocenters.